The van der Waals surface area contributed by atoms with Gasteiger partial charge < -0.3 is 47.2 Å². The lowest BCUT2D eigenvalue weighted by Gasteiger charge is -2.32. The SMILES string of the molecule is CC[C@H](C)[C@H](NC(=O)[C@@H](N)[C@@H](C)O)C(=O)N[C@H](C(=O)N1CCC[C@H]1C(=O)NCC(=O)N[C@@H](CCSC)C(=O)O)[C@@H](C)O. The number of carboxylic acid groups (broad SMARTS) is 1. The van der Waals surface area contributed by atoms with Crippen molar-refractivity contribution in [1.29, 1.82) is 0 Å². The fourth-order valence-electron chi connectivity index (χ4n) is 4.31. The van der Waals surface area contributed by atoms with Crippen molar-refractivity contribution in [3.8, 4) is 0 Å². The van der Waals surface area contributed by atoms with Crippen LogP contribution in [0.4, 0.5) is 0 Å². The van der Waals surface area contributed by atoms with Crippen LogP contribution >= 0.6 is 11.8 Å². The van der Waals surface area contributed by atoms with Gasteiger partial charge in [0.15, 0.2) is 0 Å². The molecule has 0 aromatic carbocycles. The van der Waals surface area contributed by atoms with E-state index in [4.69, 9.17) is 5.73 Å². The van der Waals surface area contributed by atoms with E-state index in [9.17, 15) is 44.1 Å². The predicted molar refractivity (Wildman–Crippen MR) is 155 cm³/mol. The molecule has 16 heteroatoms. The van der Waals surface area contributed by atoms with E-state index >= 15 is 0 Å². The largest absolute Gasteiger partial charge is 0.480 e. The summed E-state index contributed by atoms with van der Waals surface area (Å²) in [6.07, 6.45) is 0.688. The number of amides is 5. The summed E-state index contributed by atoms with van der Waals surface area (Å²) in [7, 11) is 0. The molecule has 42 heavy (non-hydrogen) atoms. The van der Waals surface area contributed by atoms with Gasteiger partial charge in [-0.1, -0.05) is 20.3 Å². The average molecular weight is 619 g/mol. The fraction of sp³-hybridized carbons (Fsp3) is 0.769. The molecule has 0 bridgehead atoms. The lowest BCUT2D eigenvalue weighted by Crippen LogP contribution is -2.62. The monoisotopic (exact) mass is 618 g/mol. The molecular formula is C26H46N6O9S. The van der Waals surface area contributed by atoms with Crippen molar-refractivity contribution in [2.75, 3.05) is 25.1 Å². The third kappa shape index (κ3) is 11.0. The molecule has 9 N–H and O–H groups in total. The highest BCUT2D eigenvalue weighted by atomic mass is 32.2. The van der Waals surface area contributed by atoms with E-state index in [-0.39, 0.29) is 19.4 Å². The second-order valence-corrected chi connectivity index (χ2v) is 11.5. The zero-order chi connectivity index (χ0) is 32.1. The molecule has 15 nitrogen and oxygen atoms in total. The molecule has 1 saturated heterocycles. The second-order valence-electron chi connectivity index (χ2n) is 10.5. The molecule has 240 valence electrons. The second kappa shape index (κ2) is 17.9. The number of hydrogen-bond donors (Lipinski definition) is 8. The van der Waals surface area contributed by atoms with Crippen molar-refractivity contribution in [2.45, 2.75) is 95.8 Å². The minimum atomic E-state index is -1.45. The quantitative estimate of drug-likeness (QED) is 0.0849. The van der Waals surface area contributed by atoms with Crippen molar-refractivity contribution in [1.82, 2.24) is 26.2 Å². The molecule has 0 saturated carbocycles. The normalized spacial score (nSPS) is 19.8. The van der Waals surface area contributed by atoms with Crippen LogP contribution < -0.4 is 27.0 Å². The van der Waals surface area contributed by atoms with Crippen molar-refractivity contribution in [2.24, 2.45) is 11.7 Å². The van der Waals surface area contributed by atoms with Crippen LogP contribution in [0.3, 0.4) is 0 Å². The highest BCUT2D eigenvalue weighted by Crippen LogP contribution is 2.20. The number of aliphatic hydroxyl groups excluding tert-OH is 2. The Hall–Kier alpha value is -2.95. The smallest absolute Gasteiger partial charge is 0.326 e. The Balaban J connectivity index is 2.94. The fourth-order valence-corrected chi connectivity index (χ4v) is 4.78. The van der Waals surface area contributed by atoms with Gasteiger partial charge in [-0.25, -0.2) is 4.79 Å². The van der Waals surface area contributed by atoms with E-state index in [1.54, 1.807) is 20.1 Å². The summed E-state index contributed by atoms with van der Waals surface area (Å²) in [5, 5.41) is 39.1. The van der Waals surface area contributed by atoms with Crippen LogP contribution in [0.25, 0.3) is 0 Å². The van der Waals surface area contributed by atoms with Crippen LogP contribution in [0.1, 0.15) is 53.4 Å². The Morgan fingerprint density at radius 2 is 1.60 bits per heavy atom. The van der Waals surface area contributed by atoms with E-state index < -0.39 is 90.4 Å². The third-order valence-electron chi connectivity index (χ3n) is 7.17. The number of aliphatic hydroxyl groups is 2. The van der Waals surface area contributed by atoms with Gasteiger partial charge in [0.05, 0.1) is 18.8 Å². The van der Waals surface area contributed by atoms with Crippen LogP contribution in [0.5, 0.6) is 0 Å². The van der Waals surface area contributed by atoms with Gasteiger partial charge in [-0.3, -0.25) is 24.0 Å². The highest BCUT2D eigenvalue weighted by Gasteiger charge is 2.40. The van der Waals surface area contributed by atoms with Crippen LogP contribution in [0, 0.1) is 5.92 Å². The van der Waals surface area contributed by atoms with Gasteiger partial charge in [-0.15, -0.1) is 0 Å². The van der Waals surface area contributed by atoms with Crippen LogP contribution in [-0.4, -0.2) is 123 Å². The van der Waals surface area contributed by atoms with Gasteiger partial charge in [0.2, 0.25) is 29.5 Å². The Bertz CT molecular complexity index is 967. The van der Waals surface area contributed by atoms with Gasteiger partial charge in [0.25, 0.3) is 0 Å². The van der Waals surface area contributed by atoms with E-state index in [0.29, 0.717) is 18.6 Å². The number of carbonyl (C=O) groups excluding carboxylic acids is 5. The number of hydrogen-bond acceptors (Lipinski definition) is 10. The van der Waals surface area contributed by atoms with E-state index in [1.165, 1.54) is 30.5 Å². The number of aliphatic carboxylic acids is 1. The first-order valence-corrected chi connectivity index (χ1v) is 15.4. The van der Waals surface area contributed by atoms with E-state index in [1.807, 2.05) is 0 Å². The molecule has 0 unspecified atom stereocenters. The number of rotatable bonds is 17. The van der Waals surface area contributed by atoms with Crippen molar-refractivity contribution in [3.63, 3.8) is 0 Å². The first-order valence-electron chi connectivity index (χ1n) is 14.0. The summed E-state index contributed by atoms with van der Waals surface area (Å²) in [5.41, 5.74) is 5.69. The first kappa shape index (κ1) is 37.1. The molecule has 0 spiro atoms. The molecule has 1 heterocycles. The Labute approximate surface area is 250 Å². The Morgan fingerprint density at radius 3 is 2.12 bits per heavy atom. The number of thioether (sulfide) groups is 1. The zero-order valence-corrected chi connectivity index (χ0v) is 25.6. The maximum atomic E-state index is 13.5. The topological polar surface area (TPSA) is 240 Å². The number of nitrogens with zero attached hydrogens (tertiary/aromatic N) is 1. The summed E-state index contributed by atoms with van der Waals surface area (Å²) in [6, 6.07) is -5.94. The molecule has 0 aromatic heterocycles. The minimum absolute atomic E-state index is 0.159. The van der Waals surface area contributed by atoms with Gasteiger partial charge in [-0.05, 0) is 51.0 Å². The van der Waals surface area contributed by atoms with Crippen molar-refractivity contribution >= 4 is 47.3 Å². The summed E-state index contributed by atoms with van der Waals surface area (Å²) in [5.74, 6) is -4.64. The summed E-state index contributed by atoms with van der Waals surface area (Å²) < 4.78 is 0. The minimum Gasteiger partial charge on any atom is -0.480 e. The van der Waals surface area contributed by atoms with Crippen molar-refractivity contribution < 1.29 is 44.1 Å². The molecule has 1 aliphatic heterocycles. The summed E-state index contributed by atoms with van der Waals surface area (Å²) in [4.78, 5) is 76.9. The number of carbonyl (C=O) groups is 6. The third-order valence-corrected chi connectivity index (χ3v) is 7.81. The molecule has 1 rings (SSSR count). The standard InChI is InChI=1S/C26H46N6O9S/c1-6-13(2)20(30-23(37)19(27)14(3)33)24(38)31-21(15(4)34)25(39)32-10-7-8-17(32)22(36)28-12-18(35)29-16(26(40)41)9-11-42-5/h13-17,19-21,33-34H,6-12,27H2,1-5H3,(H,28,36)(H,29,35)(H,30,37)(H,31,38)(H,40,41)/t13-,14+,15+,16-,17-,19-,20-,21-/m0/s1. The van der Waals surface area contributed by atoms with Gasteiger partial charge >= 0.3 is 5.97 Å². The molecule has 0 aromatic rings. The molecule has 1 fully saturated rings. The predicted octanol–water partition coefficient (Wildman–Crippen LogP) is -2.48. The number of likely N-dealkylation sites (tertiary alicyclic amines) is 1. The number of nitrogens with one attached hydrogen (secondary N) is 4. The van der Waals surface area contributed by atoms with Gasteiger partial charge in [0, 0.05) is 6.54 Å². The molecule has 0 aliphatic carbocycles. The van der Waals surface area contributed by atoms with Gasteiger partial charge in [-0.2, -0.15) is 11.8 Å². The maximum absolute atomic E-state index is 13.5. The average Bonchev–Trinajstić information content (AvgIpc) is 3.43. The Kier molecular flexibility index (Phi) is 15.8. The van der Waals surface area contributed by atoms with Crippen LogP contribution in [0.2, 0.25) is 0 Å². The molecule has 1 aliphatic rings. The van der Waals surface area contributed by atoms with E-state index in [0.717, 1.165) is 0 Å². The van der Waals surface area contributed by atoms with Gasteiger partial charge in [0.1, 0.15) is 30.2 Å². The Morgan fingerprint density at radius 1 is 0.976 bits per heavy atom. The molecule has 8 atom stereocenters. The van der Waals surface area contributed by atoms with Crippen LogP contribution in [-0.2, 0) is 28.8 Å². The zero-order valence-electron chi connectivity index (χ0n) is 24.8. The van der Waals surface area contributed by atoms with Crippen molar-refractivity contribution in [3.05, 3.63) is 0 Å². The maximum Gasteiger partial charge on any atom is 0.326 e. The number of nitrogens with two attached hydrogens (primary N) is 1. The lowest BCUT2D eigenvalue weighted by atomic mass is 9.96. The lowest BCUT2D eigenvalue weighted by molar-refractivity contribution is -0.144. The molecule has 0 radical (unpaired) electrons. The summed E-state index contributed by atoms with van der Waals surface area (Å²) in [6.45, 7) is 5.79. The van der Waals surface area contributed by atoms with E-state index in [2.05, 4.69) is 21.3 Å². The summed E-state index contributed by atoms with van der Waals surface area (Å²) >= 11 is 1.43. The molecule has 5 amide bonds. The van der Waals surface area contributed by atoms with Crippen LogP contribution in [0.15, 0.2) is 0 Å². The number of carboxylic acids is 1. The first-order chi connectivity index (χ1) is 19.7. The molecular weight excluding hydrogens is 572 g/mol. The highest BCUT2D eigenvalue weighted by molar-refractivity contribution is 7.98.